The highest BCUT2D eigenvalue weighted by atomic mass is 16.8. The molecule has 2 aliphatic heterocycles. The van der Waals surface area contributed by atoms with Gasteiger partial charge < -0.3 is 19.7 Å². The van der Waals surface area contributed by atoms with Gasteiger partial charge in [0.1, 0.15) is 6.10 Å². The summed E-state index contributed by atoms with van der Waals surface area (Å²) in [6, 6.07) is 0. The van der Waals surface area contributed by atoms with E-state index < -0.39 is 18.0 Å². The van der Waals surface area contributed by atoms with Gasteiger partial charge in [-0.1, -0.05) is 32.6 Å². The van der Waals surface area contributed by atoms with Crippen molar-refractivity contribution in [1.82, 2.24) is 0 Å². The summed E-state index contributed by atoms with van der Waals surface area (Å²) in [5.74, 6) is -0.659. The summed E-state index contributed by atoms with van der Waals surface area (Å²) in [6.45, 7) is 2.21. The van der Waals surface area contributed by atoms with Crippen LogP contribution in [0.2, 0.25) is 0 Å². The van der Waals surface area contributed by atoms with E-state index in [2.05, 4.69) is 6.92 Å². The van der Waals surface area contributed by atoms with Crippen LogP contribution in [0.5, 0.6) is 0 Å². The van der Waals surface area contributed by atoms with Crippen LogP contribution in [0, 0.1) is 5.92 Å². The molecule has 3 rings (SSSR count). The number of unbranched alkanes of at least 4 members (excludes halogenated alkanes) is 3. The molecule has 0 aromatic carbocycles. The normalized spacial score (nSPS) is 47.2. The topological polar surface area (TPSA) is 58.9 Å². The van der Waals surface area contributed by atoms with Gasteiger partial charge in [0.05, 0.1) is 18.3 Å². The van der Waals surface area contributed by atoms with E-state index in [1.807, 2.05) is 0 Å². The molecule has 1 spiro atoms. The van der Waals surface area contributed by atoms with Crippen molar-refractivity contribution < 1.29 is 19.7 Å². The zero-order valence-electron chi connectivity index (χ0n) is 12.5. The number of rotatable bonds is 5. The van der Waals surface area contributed by atoms with Crippen LogP contribution < -0.4 is 0 Å². The minimum absolute atomic E-state index is 0.108. The van der Waals surface area contributed by atoms with Crippen LogP contribution in [0.15, 0.2) is 0 Å². The second kappa shape index (κ2) is 5.91. The molecule has 4 heteroatoms. The molecule has 116 valence electrons. The third kappa shape index (κ3) is 2.41. The number of hydrogen-bond acceptors (Lipinski definition) is 4. The lowest BCUT2D eigenvalue weighted by molar-refractivity contribution is -0.308. The predicted molar refractivity (Wildman–Crippen MR) is 75.2 cm³/mol. The maximum absolute atomic E-state index is 10.4. The van der Waals surface area contributed by atoms with Crippen molar-refractivity contribution in [2.45, 2.75) is 94.9 Å². The smallest absolute Gasteiger partial charge is 0.200 e. The van der Waals surface area contributed by atoms with Gasteiger partial charge in [-0.25, -0.2) is 0 Å². The van der Waals surface area contributed by atoms with Crippen LogP contribution in [0.1, 0.15) is 64.7 Å². The van der Waals surface area contributed by atoms with Gasteiger partial charge in [-0.15, -0.1) is 0 Å². The molecule has 2 bridgehead atoms. The van der Waals surface area contributed by atoms with Crippen molar-refractivity contribution in [2.24, 2.45) is 5.92 Å². The Morgan fingerprint density at radius 2 is 1.80 bits per heavy atom. The maximum atomic E-state index is 10.4. The average molecular weight is 284 g/mol. The number of hydrogen-bond donors (Lipinski definition) is 2. The number of ether oxygens (including phenoxy) is 2. The number of aliphatic hydroxyl groups is 2. The first-order valence-electron chi connectivity index (χ1n) is 8.39. The van der Waals surface area contributed by atoms with E-state index in [0.29, 0.717) is 6.42 Å². The zero-order valence-corrected chi connectivity index (χ0v) is 12.5. The molecule has 0 aromatic rings. The van der Waals surface area contributed by atoms with Gasteiger partial charge in [0.25, 0.3) is 0 Å². The van der Waals surface area contributed by atoms with Gasteiger partial charge in [0.15, 0.2) is 0 Å². The highest BCUT2D eigenvalue weighted by Gasteiger charge is 2.62. The van der Waals surface area contributed by atoms with Crippen molar-refractivity contribution in [1.29, 1.82) is 0 Å². The standard InChI is InChI=1S/C16H28O4/c1-2-3-4-5-6-13-14-10-8-11-7-9-12(17)15(18)16(11,19-13)20-14/h11-15,17-18H,2-10H2,1H3. The summed E-state index contributed by atoms with van der Waals surface area (Å²) in [5, 5.41) is 20.3. The molecule has 6 atom stereocenters. The molecule has 0 radical (unpaired) electrons. The monoisotopic (exact) mass is 284 g/mol. The van der Waals surface area contributed by atoms with Crippen LogP contribution in [0.4, 0.5) is 0 Å². The first-order valence-corrected chi connectivity index (χ1v) is 8.39. The highest BCUT2D eigenvalue weighted by molar-refractivity contribution is 5.04. The van der Waals surface area contributed by atoms with E-state index in [-0.39, 0.29) is 18.1 Å². The molecule has 1 aliphatic carbocycles. The molecule has 0 aromatic heterocycles. The first kappa shape index (κ1) is 14.8. The third-order valence-electron chi connectivity index (χ3n) is 5.38. The highest BCUT2D eigenvalue weighted by Crippen LogP contribution is 2.51. The molecular weight excluding hydrogens is 256 g/mol. The van der Waals surface area contributed by atoms with E-state index in [9.17, 15) is 10.2 Å². The Hall–Kier alpha value is -0.160. The molecule has 6 unspecified atom stereocenters. The van der Waals surface area contributed by atoms with E-state index >= 15 is 0 Å². The van der Waals surface area contributed by atoms with Gasteiger partial charge in [-0.05, 0) is 32.1 Å². The van der Waals surface area contributed by atoms with Gasteiger partial charge in [0.2, 0.25) is 5.79 Å². The molecule has 3 aliphatic rings. The summed E-state index contributed by atoms with van der Waals surface area (Å²) < 4.78 is 12.3. The average Bonchev–Trinajstić information content (AvgIpc) is 2.74. The minimum atomic E-state index is -0.907. The zero-order chi connectivity index (χ0) is 14.2. The van der Waals surface area contributed by atoms with E-state index in [4.69, 9.17) is 9.47 Å². The molecule has 0 amide bonds. The lowest BCUT2D eigenvalue weighted by Gasteiger charge is -2.47. The second-order valence-electron chi connectivity index (χ2n) is 6.75. The SMILES string of the molecule is CCCCCCC1OC23OC1CCC2CCC(O)C3O. The fourth-order valence-electron chi connectivity index (χ4n) is 4.20. The second-order valence-corrected chi connectivity index (χ2v) is 6.75. The van der Waals surface area contributed by atoms with Crippen molar-refractivity contribution in [3.63, 3.8) is 0 Å². The largest absolute Gasteiger partial charge is 0.390 e. The van der Waals surface area contributed by atoms with Gasteiger partial charge >= 0.3 is 0 Å². The van der Waals surface area contributed by atoms with Gasteiger partial charge in [0, 0.05) is 5.92 Å². The van der Waals surface area contributed by atoms with Crippen LogP contribution in [-0.4, -0.2) is 40.4 Å². The van der Waals surface area contributed by atoms with E-state index in [1.165, 1.54) is 19.3 Å². The van der Waals surface area contributed by atoms with Crippen LogP contribution in [0.25, 0.3) is 0 Å². The summed E-state index contributed by atoms with van der Waals surface area (Å²) in [7, 11) is 0. The van der Waals surface area contributed by atoms with Crippen LogP contribution in [0.3, 0.4) is 0 Å². The molecule has 2 heterocycles. The van der Waals surface area contributed by atoms with E-state index in [1.54, 1.807) is 0 Å². The van der Waals surface area contributed by atoms with Gasteiger partial charge in [-0.3, -0.25) is 0 Å². The Morgan fingerprint density at radius 3 is 2.60 bits per heavy atom. The summed E-state index contributed by atoms with van der Waals surface area (Å²) in [5.41, 5.74) is 0. The van der Waals surface area contributed by atoms with Gasteiger partial charge in [-0.2, -0.15) is 0 Å². The summed E-state index contributed by atoms with van der Waals surface area (Å²) >= 11 is 0. The van der Waals surface area contributed by atoms with Crippen molar-refractivity contribution in [3.8, 4) is 0 Å². The Bertz CT molecular complexity index is 330. The molecule has 2 saturated heterocycles. The first-order chi connectivity index (χ1) is 9.67. The van der Waals surface area contributed by atoms with Crippen LogP contribution in [-0.2, 0) is 9.47 Å². The molecular formula is C16H28O4. The number of fused-ring (bicyclic) bond motifs is 1. The molecule has 3 fully saturated rings. The summed E-state index contributed by atoms with van der Waals surface area (Å²) in [4.78, 5) is 0. The Kier molecular flexibility index (Phi) is 4.37. The molecule has 20 heavy (non-hydrogen) atoms. The Labute approximate surface area is 121 Å². The lowest BCUT2D eigenvalue weighted by Crippen LogP contribution is -2.59. The van der Waals surface area contributed by atoms with Crippen molar-refractivity contribution >= 4 is 0 Å². The van der Waals surface area contributed by atoms with E-state index in [0.717, 1.165) is 32.1 Å². The molecule has 2 N–H and O–H groups in total. The van der Waals surface area contributed by atoms with Crippen LogP contribution >= 0.6 is 0 Å². The molecule has 4 nitrogen and oxygen atoms in total. The van der Waals surface area contributed by atoms with Crippen molar-refractivity contribution in [2.75, 3.05) is 0 Å². The maximum Gasteiger partial charge on any atom is 0.200 e. The molecule has 1 saturated carbocycles. The minimum Gasteiger partial charge on any atom is -0.390 e. The quantitative estimate of drug-likeness (QED) is 0.761. The Morgan fingerprint density at radius 1 is 1.00 bits per heavy atom. The number of aliphatic hydroxyl groups excluding tert-OH is 2. The predicted octanol–water partition coefficient (Wildman–Crippen LogP) is 2.36. The summed E-state index contributed by atoms with van der Waals surface area (Å²) in [6.07, 6.45) is 8.21. The third-order valence-corrected chi connectivity index (χ3v) is 5.38. The fraction of sp³-hybridized carbons (Fsp3) is 1.00. The Balaban J connectivity index is 1.64. The van der Waals surface area contributed by atoms with Crippen molar-refractivity contribution in [3.05, 3.63) is 0 Å². The fourth-order valence-corrected chi connectivity index (χ4v) is 4.20. The lowest BCUT2D eigenvalue weighted by atomic mass is 9.76.